The SMILES string of the molecule is CCc1coc([C@@H](CC)Nc2c(Nc3cccc(C=O)c3O)c(=O)c2=O)c1.CN(C)C. The predicted octanol–water partition coefficient (Wildman–Crippen LogP) is 3.44. The van der Waals surface area contributed by atoms with E-state index in [1.54, 1.807) is 12.3 Å². The molecular weight excluding hydrogens is 398 g/mol. The Balaban J connectivity index is 0.000000785. The number of aromatic hydroxyl groups is 1. The molecule has 0 amide bonds. The highest BCUT2D eigenvalue weighted by atomic mass is 16.3. The van der Waals surface area contributed by atoms with Crippen molar-refractivity contribution < 1.29 is 14.3 Å². The molecule has 0 radical (unpaired) electrons. The largest absolute Gasteiger partial charge is 0.505 e. The maximum atomic E-state index is 12.1. The van der Waals surface area contributed by atoms with Gasteiger partial charge in [0.05, 0.1) is 23.6 Å². The molecule has 1 atom stereocenters. The van der Waals surface area contributed by atoms with Gasteiger partial charge in [-0.2, -0.15) is 0 Å². The minimum Gasteiger partial charge on any atom is -0.505 e. The Morgan fingerprint density at radius 3 is 2.32 bits per heavy atom. The van der Waals surface area contributed by atoms with Gasteiger partial charge in [0.2, 0.25) is 0 Å². The summed E-state index contributed by atoms with van der Waals surface area (Å²) in [5, 5.41) is 15.9. The van der Waals surface area contributed by atoms with Gasteiger partial charge in [0.15, 0.2) is 6.29 Å². The number of para-hydroxylation sites is 1. The number of rotatable bonds is 8. The van der Waals surface area contributed by atoms with Crippen LogP contribution in [0.2, 0.25) is 0 Å². The molecule has 0 fully saturated rings. The molecule has 3 rings (SSSR count). The highest BCUT2D eigenvalue weighted by molar-refractivity contribution is 5.87. The maximum absolute atomic E-state index is 12.1. The minimum atomic E-state index is -0.683. The van der Waals surface area contributed by atoms with Gasteiger partial charge in [-0.05, 0) is 57.7 Å². The monoisotopic (exact) mass is 427 g/mol. The van der Waals surface area contributed by atoms with Gasteiger partial charge in [0, 0.05) is 0 Å². The molecule has 166 valence electrons. The molecule has 1 aromatic heterocycles. The van der Waals surface area contributed by atoms with Crippen LogP contribution < -0.4 is 21.5 Å². The first-order valence-corrected chi connectivity index (χ1v) is 10.1. The second-order valence-corrected chi connectivity index (χ2v) is 7.55. The molecule has 0 saturated carbocycles. The van der Waals surface area contributed by atoms with Crippen LogP contribution in [0.5, 0.6) is 5.75 Å². The Morgan fingerprint density at radius 1 is 1.13 bits per heavy atom. The van der Waals surface area contributed by atoms with Crippen LogP contribution in [0.15, 0.2) is 44.5 Å². The molecule has 8 heteroatoms. The zero-order chi connectivity index (χ0) is 23.1. The molecule has 8 nitrogen and oxygen atoms in total. The van der Waals surface area contributed by atoms with E-state index in [1.807, 2.05) is 46.0 Å². The van der Waals surface area contributed by atoms with E-state index in [2.05, 4.69) is 10.6 Å². The summed E-state index contributed by atoms with van der Waals surface area (Å²) in [6.45, 7) is 3.95. The van der Waals surface area contributed by atoms with Crippen molar-refractivity contribution in [1.29, 1.82) is 0 Å². The number of carbonyl (C=O) groups is 1. The zero-order valence-corrected chi connectivity index (χ0v) is 18.5. The summed E-state index contributed by atoms with van der Waals surface area (Å²) in [5.41, 5.74) is 0.179. The number of hydrogen-bond acceptors (Lipinski definition) is 8. The number of nitrogens with zero attached hydrogens (tertiary/aromatic N) is 1. The standard InChI is InChI=1S/C20H20N2O5.C3H9N/c1-3-11-8-15(27-10-11)13(4-2)21-16-17(20(26)19(16)25)22-14-7-5-6-12(9-23)18(14)24;1-4(2)3/h5-10,13,21-22,24H,3-4H2,1-2H3;1-3H3/t13-;/m1./s1. The molecule has 2 aromatic carbocycles. The van der Waals surface area contributed by atoms with E-state index >= 15 is 0 Å². The number of aryl methyl sites for hydroxylation is 1. The van der Waals surface area contributed by atoms with Crippen molar-refractivity contribution in [3.8, 4) is 5.75 Å². The highest BCUT2D eigenvalue weighted by Gasteiger charge is 2.25. The lowest BCUT2D eigenvalue weighted by Crippen LogP contribution is -2.37. The third kappa shape index (κ3) is 5.61. The second-order valence-electron chi connectivity index (χ2n) is 7.55. The minimum absolute atomic E-state index is 0.0547. The van der Waals surface area contributed by atoms with E-state index in [4.69, 9.17) is 4.42 Å². The summed E-state index contributed by atoms with van der Waals surface area (Å²) in [7, 11) is 6.00. The van der Waals surface area contributed by atoms with Gasteiger partial charge < -0.3 is 25.1 Å². The van der Waals surface area contributed by atoms with Crippen LogP contribution in [0.3, 0.4) is 0 Å². The Hall–Kier alpha value is -3.39. The van der Waals surface area contributed by atoms with E-state index in [0.29, 0.717) is 18.5 Å². The number of furan rings is 1. The molecule has 0 aliphatic rings. The number of phenolic OH excluding ortho intramolecular Hbond substituents is 1. The van der Waals surface area contributed by atoms with Gasteiger partial charge in [-0.1, -0.05) is 19.9 Å². The molecule has 0 unspecified atom stereocenters. The first-order valence-electron chi connectivity index (χ1n) is 10.1. The molecule has 1 heterocycles. The van der Waals surface area contributed by atoms with Gasteiger partial charge in [-0.3, -0.25) is 14.4 Å². The second kappa shape index (κ2) is 10.6. The average Bonchev–Trinajstić information content (AvgIpc) is 3.22. The fourth-order valence-corrected chi connectivity index (χ4v) is 2.85. The van der Waals surface area contributed by atoms with Crippen LogP contribution in [0.25, 0.3) is 0 Å². The lowest BCUT2D eigenvalue weighted by atomic mass is 10.1. The first kappa shape index (κ1) is 23.9. The van der Waals surface area contributed by atoms with Crippen molar-refractivity contribution in [1.82, 2.24) is 4.90 Å². The van der Waals surface area contributed by atoms with Gasteiger partial charge in [0.1, 0.15) is 22.9 Å². The Labute approximate surface area is 181 Å². The Kier molecular flexibility index (Phi) is 8.15. The number of nitrogens with one attached hydrogen (secondary N) is 2. The van der Waals surface area contributed by atoms with E-state index < -0.39 is 10.9 Å². The number of anilines is 3. The number of benzene rings is 1. The Morgan fingerprint density at radius 2 is 1.77 bits per heavy atom. The van der Waals surface area contributed by atoms with Crippen LogP contribution >= 0.6 is 0 Å². The predicted molar refractivity (Wildman–Crippen MR) is 122 cm³/mol. The van der Waals surface area contributed by atoms with Crippen molar-refractivity contribution in [2.45, 2.75) is 32.7 Å². The maximum Gasteiger partial charge on any atom is 0.253 e. The topological polar surface area (TPSA) is 112 Å². The number of carbonyl (C=O) groups excluding carboxylic acids is 1. The van der Waals surface area contributed by atoms with Gasteiger partial charge >= 0.3 is 0 Å². The summed E-state index contributed by atoms with van der Waals surface area (Å²) in [6, 6.07) is 6.17. The van der Waals surface area contributed by atoms with E-state index in [1.165, 1.54) is 12.1 Å². The van der Waals surface area contributed by atoms with E-state index in [0.717, 1.165) is 12.0 Å². The van der Waals surface area contributed by atoms with Crippen LogP contribution in [-0.2, 0) is 6.42 Å². The number of hydrogen-bond donors (Lipinski definition) is 3. The van der Waals surface area contributed by atoms with Gasteiger partial charge in [0.25, 0.3) is 10.9 Å². The fraction of sp³-hybridized carbons (Fsp3) is 0.348. The molecule has 31 heavy (non-hydrogen) atoms. The summed E-state index contributed by atoms with van der Waals surface area (Å²) in [6.07, 6.45) is 3.65. The average molecular weight is 428 g/mol. The lowest BCUT2D eigenvalue weighted by molar-refractivity contribution is 0.112. The summed E-state index contributed by atoms with van der Waals surface area (Å²) < 4.78 is 5.56. The first-order chi connectivity index (χ1) is 14.7. The summed E-state index contributed by atoms with van der Waals surface area (Å²) in [5.74, 6) is 0.399. The molecule has 0 bridgehead atoms. The van der Waals surface area contributed by atoms with Crippen molar-refractivity contribution in [3.63, 3.8) is 0 Å². The molecule has 3 aromatic rings. The van der Waals surface area contributed by atoms with E-state index in [-0.39, 0.29) is 34.4 Å². The van der Waals surface area contributed by atoms with Crippen molar-refractivity contribution >= 4 is 23.3 Å². The molecular formula is C23H29N3O5. The summed E-state index contributed by atoms with van der Waals surface area (Å²) >= 11 is 0. The van der Waals surface area contributed by atoms with Crippen LogP contribution in [-0.4, -0.2) is 37.4 Å². The lowest BCUT2D eigenvalue weighted by Gasteiger charge is -2.20. The van der Waals surface area contributed by atoms with Gasteiger partial charge in [-0.25, -0.2) is 0 Å². The van der Waals surface area contributed by atoms with Crippen molar-refractivity contribution in [2.75, 3.05) is 31.8 Å². The molecule has 0 aliphatic carbocycles. The summed E-state index contributed by atoms with van der Waals surface area (Å²) in [4.78, 5) is 37.0. The van der Waals surface area contributed by atoms with Crippen molar-refractivity contribution in [2.24, 2.45) is 0 Å². The quantitative estimate of drug-likeness (QED) is 0.285. The molecule has 0 spiro atoms. The third-order valence-electron chi connectivity index (χ3n) is 4.52. The van der Waals surface area contributed by atoms with E-state index in [9.17, 15) is 19.5 Å². The van der Waals surface area contributed by atoms with Gasteiger partial charge in [-0.15, -0.1) is 0 Å². The molecule has 0 aliphatic heterocycles. The zero-order valence-electron chi connectivity index (χ0n) is 18.5. The molecule has 3 N–H and O–H groups in total. The highest BCUT2D eigenvalue weighted by Crippen LogP contribution is 2.32. The third-order valence-corrected chi connectivity index (χ3v) is 4.52. The Bertz CT molecular complexity index is 1090. The smallest absolute Gasteiger partial charge is 0.253 e. The fourth-order valence-electron chi connectivity index (χ4n) is 2.85. The number of phenols is 1. The van der Waals surface area contributed by atoms with Crippen LogP contribution in [0.4, 0.5) is 17.1 Å². The van der Waals surface area contributed by atoms with Crippen LogP contribution in [0, 0.1) is 0 Å². The van der Waals surface area contributed by atoms with Crippen LogP contribution in [0.1, 0.15) is 48.0 Å². The molecule has 0 saturated heterocycles. The normalized spacial score (nSPS) is 11.7. The van der Waals surface area contributed by atoms with Crippen molar-refractivity contribution in [3.05, 3.63) is 67.9 Å². The number of aldehydes is 1.